The van der Waals surface area contributed by atoms with Gasteiger partial charge in [-0.3, -0.25) is 0 Å². The highest BCUT2D eigenvalue weighted by atomic mass is 31.2. The van der Waals surface area contributed by atoms with Crippen molar-refractivity contribution in [2.45, 2.75) is 103 Å². The maximum Gasteiger partial charge on any atom is 0.422 e. The number of fused-ring (bicyclic) bond motifs is 1. The van der Waals surface area contributed by atoms with Gasteiger partial charge in [0.1, 0.15) is 23.7 Å². The highest BCUT2D eigenvalue weighted by Crippen LogP contribution is 2.51. The van der Waals surface area contributed by atoms with Gasteiger partial charge in [0.15, 0.2) is 6.61 Å². The molecule has 9 nitrogen and oxygen atoms in total. The van der Waals surface area contributed by atoms with Crippen LogP contribution in [0.3, 0.4) is 0 Å². The summed E-state index contributed by atoms with van der Waals surface area (Å²) in [5, 5.41) is 12.1. The van der Waals surface area contributed by atoms with Gasteiger partial charge in [0.2, 0.25) is 0 Å². The first kappa shape index (κ1) is 35.3. The van der Waals surface area contributed by atoms with Crippen molar-refractivity contribution in [3.63, 3.8) is 0 Å². The first-order valence-corrected chi connectivity index (χ1v) is 16.4. The lowest BCUT2D eigenvalue weighted by atomic mass is 9.77. The van der Waals surface area contributed by atoms with Crippen LogP contribution < -0.4 is 10.1 Å². The summed E-state index contributed by atoms with van der Waals surface area (Å²) in [5.41, 5.74) is 1.04. The van der Waals surface area contributed by atoms with Gasteiger partial charge >= 0.3 is 20.8 Å². The van der Waals surface area contributed by atoms with Crippen LogP contribution in [0.2, 0.25) is 0 Å². The van der Waals surface area contributed by atoms with E-state index in [-0.39, 0.29) is 23.7 Å². The summed E-state index contributed by atoms with van der Waals surface area (Å²) in [7, 11) is -1.66. The number of halogens is 4. The molecule has 1 fully saturated rings. The van der Waals surface area contributed by atoms with Crippen molar-refractivity contribution >= 4 is 25.5 Å². The Labute approximate surface area is 262 Å². The molecule has 2 heterocycles. The van der Waals surface area contributed by atoms with Crippen molar-refractivity contribution in [1.82, 2.24) is 15.2 Å². The third kappa shape index (κ3) is 9.47. The standard InChI is InChI=1S/C31H43F4N4O5P/c1-7-9-11-41-45(42-12-10-8-2)44-30(18-32)16-21(17-30)36-28-39-38-27(43-28)25-13-20(3)23-14-22(40-19-31(33,34)35)15-24(26(23)37-25)29(4,5)6/h13-15,21H,7-12,16-19H2,1-6H3,(H,36,39)/t21-,30+. The topological polar surface area (TPSA) is 101 Å². The Morgan fingerprint density at radius 2 is 1.69 bits per heavy atom. The van der Waals surface area contributed by atoms with Crippen molar-refractivity contribution in [2.75, 3.05) is 31.8 Å². The number of aromatic nitrogens is 3. The van der Waals surface area contributed by atoms with Crippen molar-refractivity contribution in [3.05, 3.63) is 29.3 Å². The molecule has 14 heteroatoms. The molecule has 0 unspecified atom stereocenters. The number of nitrogens with zero attached hydrogens (tertiary/aromatic N) is 3. The molecular weight excluding hydrogens is 615 g/mol. The average Bonchev–Trinajstić information content (AvgIpc) is 3.42. The maximum absolute atomic E-state index is 14.2. The van der Waals surface area contributed by atoms with Crippen LogP contribution in [0.25, 0.3) is 22.5 Å². The highest BCUT2D eigenvalue weighted by Gasteiger charge is 2.49. The van der Waals surface area contributed by atoms with Crippen molar-refractivity contribution in [3.8, 4) is 17.3 Å². The molecule has 0 aliphatic heterocycles. The molecule has 1 aliphatic rings. The number of aryl methyl sites for hydroxylation is 1. The smallest absolute Gasteiger partial charge is 0.422 e. The van der Waals surface area contributed by atoms with Crippen LogP contribution in [0.15, 0.2) is 22.6 Å². The number of nitrogens with one attached hydrogen (secondary N) is 1. The van der Waals surface area contributed by atoms with E-state index >= 15 is 0 Å². The van der Waals surface area contributed by atoms with Crippen molar-refractivity contribution < 1.29 is 40.3 Å². The van der Waals surface area contributed by atoms with E-state index in [2.05, 4.69) is 29.4 Å². The summed E-state index contributed by atoms with van der Waals surface area (Å²) < 4.78 is 81.3. The predicted molar refractivity (Wildman–Crippen MR) is 165 cm³/mol. The SMILES string of the molecule is CCCCOP(OCCCC)O[C@]1(CF)C[C@H](Nc2nnc(-c3cc(C)c4cc(OCC(F)(F)F)cc(C(C)(C)C)c4n3)o2)C1. The van der Waals surface area contributed by atoms with E-state index in [0.29, 0.717) is 48.2 Å². The maximum atomic E-state index is 14.2. The van der Waals surface area contributed by atoms with Gasteiger partial charge in [-0.25, -0.2) is 9.37 Å². The number of hydrogen-bond donors (Lipinski definition) is 1. The van der Waals surface area contributed by atoms with Crippen molar-refractivity contribution in [2.24, 2.45) is 0 Å². The Morgan fingerprint density at radius 1 is 1.02 bits per heavy atom. The Morgan fingerprint density at radius 3 is 2.27 bits per heavy atom. The second-order valence-corrected chi connectivity index (χ2v) is 13.7. The number of rotatable bonds is 16. The Kier molecular flexibility index (Phi) is 11.7. The van der Waals surface area contributed by atoms with E-state index in [1.165, 1.54) is 0 Å². The molecule has 250 valence electrons. The van der Waals surface area contributed by atoms with Gasteiger partial charge in [0, 0.05) is 11.4 Å². The summed E-state index contributed by atoms with van der Waals surface area (Å²) in [6.07, 6.45) is -0.0369. The fourth-order valence-corrected chi connectivity index (χ4v) is 6.17. The van der Waals surface area contributed by atoms with E-state index in [0.717, 1.165) is 31.2 Å². The Hall–Kier alpha value is -2.60. The fraction of sp³-hybridized carbons (Fsp3) is 0.645. The zero-order valence-corrected chi connectivity index (χ0v) is 27.6. The number of hydrogen-bond acceptors (Lipinski definition) is 9. The summed E-state index contributed by atoms with van der Waals surface area (Å²) in [6, 6.07) is 4.90. The molecule has 45 heavy (non-hydrogen) atoms. The van der Waals surface area contributed by atoms with Crippen molar-refractivity contribution in [1.29, 1.82) is 0 Å². The van der Waals surface area contributed by atoms with Crippen LogP contribution in [0.5, 0.6) is 5.75 Å². The van der Waals surface area contributed by atoms with Crippen LogP contribution in [0.1, 0.15) is 84.3 Å². The van der Waals surface area contributed by atoms with Crippen LogP contribution in [-0.2, 0) is 19.0 Å². The molecule has 0 atom stereocenters. The minimum Gasteiger partial charge on any atom is -0.484 e. The van der Waals surface area contributed by atoms with E-state index in [9.17, 15) is 17.6 Å². The third-order valence-electron chi connectivity index (χ3n) is 7.41. The molecule has 0 bridgehead atoms. The van der Waals surface area contributed by atoms with Gasteiger partial charge in [-0.1, -0.05) is 52.6 Å². The van der Waals surface area contributed by atoms with Crippen LogP contribution in [0.4, 0.5) is 23.6 Å². The van der Waals surface area contributed by atoms with Gasteiger partial charge in [-0.15, -0.1) is 5.10 Å². The summed E-state index contributed by atoms with van der Waals surface area (Å²) in [5.74, 6) is 0.289. The molecule has 3 aromatic rings. The van der Waals surface area contributed by atoms with Gasteiger partial charge in [-0.05, 0) is 67.3 Å². The van der Waals surface area contributed by atoms with E-state index in [4.69, 9.17) is 27.7 Å². The molecule has 0 spiro atoms. The molecular formula is C31H43F4N4O5P. The average molecular weight is 659 g/mol. The monoisotopic (exact) mass is 658 g/mol. The fourth-order valence-electron chi connectivity index (χ4n) is 4.92. The van der Waals surface area contributed by atoms with Crippen LogP contribution in [0, 0.1) is 6.92 Å². The largest absolute Gasteiger partial charge is 0.484 e. The minimum absolute atomic E-state index is 0.119. The normalized spacial score (nSPS) is 18.9. The molecule has 0 amide bonds. The first-order valence-electron chi connectivity index (χ1n) is 15.3. The Balaban J connectivity index is 1.47. The molecule has 1 N–H and O–H groups in total. The zero-order valence-electron chi connectivity index (χ0n) is 26.7. The lowest BCUT2D eigenvalue weighted by Gasteiger charge is -2.45. The Bertz CT molecular complexity index is 1400. The number of ether oxygens (including phenoxy) is 1. The van der Waals surface area contributed by atoms with Gasteiger partial charge in [0.05, 0.1) is 18.7 Å². The summed E-state index contributed by atoms with van der Waals surface area (Å²) >= 11 is 0. The number of unbranched alkanes of at least 4 members (excludes halogenated alkanes) is 2. The van der Waals surface area contributed by atoms with E-state index in [1.807, 2.05) is 27.7 Å². The number of alkyl halides is 4. The number of benzene rings is 1. The molecule has 2 aromatic heterocycles. The number of anilines is 1. The molecule has 1 saturated carbocycles. The molecule has 0 saturated heterocycles. The molecule has 0 radical (unpaired) electrons. The van der Waals surface area contributed by atoms with Gasteiger partial charge in [0.25, 0.3) is 5.89 Å². The minimum atomic E-state index is -4.45. The highest BCUT2D eigenvalue weighted by molar-refractivity contribution is 7.41. The van der Waals surface area contributed by atoms with Crippen LogP contribution in [-0.4, -0.2) is 59.5 Å². The van der Waals surface area contributed by atoms with Gasteiger partial charge < -0.3 is 28.0 Å². The molecule has 1 aliphatic carbocycles. The second kappa shape index (κ2) is 14.9. The molecule has 1 aromatic carbocycles. The van der Waals surface area contributed by atoms with E-state index < -0.39 is 39.1 Å². The predicted octanol–water partition coefficient (Wildman–Crippen LogP) is 8.99. The van der Waals surface area contributed by atoms with E-state index in [1.54, 1.807) is 18.2 Å². The van der Waals surface area contributed by atoms with Gasteiger partial charge in [-0.2, -0.15) is 13.2 Å². The zero-order chi connectivity index (χ0) is 32.8. The van der Waals surface area contributed by atoms with Crippen LogP contribution >= 0.6 is 8.60 Å². The summed E-state index contributed by atoms with van der Waals surface area (Å²) in [4.78, 5) is 4.78. The second-order valence-electron chi connectivity index (χ2n) is 12.5. The lowest BCUT2D eigenvalue weighted by molar-refractivity contribution is -0.153. The molecule has 4 rings (SSSR count). The lowest BCUT2D eigenvalue weighted by Crippen LogP contribution is -2.53. The quantitative estimate of drug-likeness (QED) is 0.0918. The number of pyridine rings is 1. The first-order chi connectivity index (χ1) is 21.3. The third-order valence-corrected chi connectivity index (χ3v) is 8.74. The summed E-state index contributed by atoms with van der Waals surface area (Å²) in [6.45, 7) is 10.7.